The lowest BCUT2D eigenvalue weighted by Gasteiger charge is -2.40. The van der Waals surface area contributed by atoms with Gasteiger partial charge in [0, 0.05) is 6.07 Å². The van der Waals surface area contributed by atoms with Gasteiger partial charge < -0.3 is 44.5 Å². The standard InChI is InChI=1S/C24H24O12/c25-12-3-1-11(2-4-12)15-9-33-16-7-13(5-6-14(16)20(15)29)35-24-23(32)22(31)21(30)17(36-24)10-34-19(28)8-18(26)27/h1-7,15,17,21-25,30-32H,8-10H2,(H,26,27)/t15-,17-,21-,22+,23-,24-/m1/s1. The summed E-state index contributed by atoms with van der Waals surface area (Å²) in [5.41, 5.74) is 0.987. The summed E-state index contributed by atoms with van der Waals surface area (Å²) in [4.78, 5) is 35.0. The number of esters is 1. The molecule has 36 heavy (non-hydrogen) atoms. The van der Waals surface area contributed by atoms with Crippen molar-refractivity contribution in [2.75, 3.05) is 13.2 Å². The van der Waals surface area contributed by atoms with Crippen LogP contribution in [0.15, 0.2) is 42.5 Å². The van der Waals surface area contributed by atoms with Gasteiger partial charge in [-0.2, -0.15) is 0 Å². The van der Waals surface area contributed by atoms with Gasteiger partial charge in [-0.25, -0.2) is 0 Å². The fourth-order valence-corrected chi connectivity index (χ4v) is 3.92. The highest BCUT2D eigenvalue weighted by atomic mass is 16.7. The molecule has 6 atom stereocenters. The third-order valence-electron chi connectivity index (χ3n) is 5.86. The van der Waals surface area contributed by atoms with Gasteiger partial charge in [-0.3, -0.25) is 14.4 Å². The van der Waals surface area contributed by atoms with E-state index in [1.165, 1.54) is 30.3 Å². The second-order valence-corrected chi connectivity index (χ2v) is 8.36. The van der Waals surface area contributed by atoms with Crippen LogP contribution in [0.3, 0.4) is 0 Å². The summed E-state index contributed by atoms with van der Waals surface area (Å²) >= 11 is 0. The predicted molar refractivity (Wildman–Crippen MR) is 118 cm³/mol. The number of hydrogen-bond donors (Lipinski definition) is 5. The Bertz CT molecular complexity index is 1130. The van der Waals surface area contributed by atoms with E-state index >= 15 is 0 Å². The highest BCUT2D eigenvalue weighted by Gasteiger charge is 2.45. The summed E-state index contributed by atoms with van der Waals surface area (Å²) < 4.78 is 21.6. The number of aliphatic hydroxyl groups excluding tert-OH is 3. The number of fused-ring (bicyclic) bond motifs is 1. The molecule has 0 aliphatic carbocycles. The number of ether oxygens (including phenoxy) is 4. The second kappa shape index (κ2) is 10.5. The Kier molecular flexibility index (Phi) is 7.40. The van der Waals surface area contributed by atoms with E-state index < -0.39 is 61.6 Å². The first-order chi connectivity index (χ1) is 17.1. The monoisotopic (exact) mass is 504 g/mol. The number of phenolic OH excluding ortho intramolecular Hbond substituents is 1. The lowest BCUT2D eigenvalue weighted by Crippen LogP contribution is -2.60. The third kappa shape index (κ3) is 5.41. The molecular weight excluding hydrogens is 480 g/mol. The van der Waals surface area contributed by atoms with E-state index in [1.807, 2.05) is 0 Å². The van der Waals surface area contributed by atoms with Gasteiger partial charge in [0.1, 0.15) is 61.3 Å². The van der Waals surface area contributed by atoms with Crippen molar-refractivity contribution in [1.29, 1.82) is 0 Å². The Morgan fingerprint density at radius 2 is 1.72 bits per heavy atom. The summed E-state index contributed by atoms with van der Waals surface area (Å²) in [6.45, 7) is -0.533. The summed E-state index contributed by atoms with van der Waals surface area (Å²) in [5, 5.41) is 48.7. The van der Waals surface area contributed by atoms with Crippen molar-refractivity contribution in [1.82, 2.24) is 0 Å². The number of ketones is 1. The highest BCUT2D eigenvalue weighted by molar-refractivity contribution is 6.04. The number of carboxylic acids is 1. The van der Waals surface area contributed by atoms with Crippen LogP contribution in [-0.2, 0) is 19.1 Å². The molecule has 5 N–H and O–H groups in total. The molecule has 0 amide bonds. The molecule has 0 unspecified atom stereocenters. The zero-order valence-corrected chi connectivity index (χ0v) is 18.7. The first kappa shape index (κ1) is 25.4. The van der Waals surface area contributed by atoms with Crippen LogP contribution < -0.4 is 9.47 Å². The summed E-state index contributed by atoms with van der Waals surface area (Å²) in [6, 6.07) is 10.6. The average Bonchev–Trinajstić information content (AvgIpc) is 2.84. The normalized spacial score (nSPS) is 27.5. The van der Waals surface area contributed by atoms with E-state index in [2.05, 4.69) is 0 Å². The fourth-order valence-electron chi connectivity index (χ4n) is 3.92. The molecule has 2 aliphatic rings. The van der Waals surface area contributed by atoms with E-state index in [9.17, 15) is 34.8 Å². The van der Waals surface area contributed by atoms with E-state index in [0.717, 1.165) is 0 Å². The number of aromatic hydroxyl groups is 1. The maximum atomic E-state index is 13.0. The minimum absolute atomic E-state index is 0.0529. The van der Waals surface area contributed by atoms with Crippen molar-refractivity contribution in [2.45, 2.75) is 43.0 Å². The lowest BCUT2D eigenvalue weighted by atomic mass is 9.89. The molecule has 0 bridgehead atoms. The Morgan fingerprint density at radius 3 is 2.42 bits per heavy atom. The number of hydrogen-bond acceptors (Lipinski definition) is 11. The molecule has 0 spiro atoms. The van der Waals surface area contributed by atoms with E-state index in [4.69, 9.17) is 24.1 Å². The first-order valence-corrected chi connectivity index (χ1v) is 11.0. The molecule has 4 rings (SSSR count). The molecule has 1 saturated heterocycles. The van der Waals surface area contributed by atoms with Gasteiger partial charge in [0.15, 0.2) is 5.78 Å². The van der Waals surface area contributed by atoms with Gasteiger partial charge in [-0.15, -0.1) is 0 Å². The molecule has 2 aromatic carbocycles. The van der Waals surface area contributed by atoms with Crippen molar-refractivity contribution in [3.05, 3.63) is 53.6 Å². The van der Waals surface area contributed by atoms with Crippen molar-refractivity contribution < 1.29 is 58.9 Å². The van der Waals surface area contributed by atoms with Crippen molar-refractivity contribution in [3.8, 4) is 17.2 Å². The van der Waals surface area contributed by atoms with Gasteiger partial charge in [-0.05, 0) is 29.8 Å². The zero-order chi connectivity index (χ0) is 26.0. The van der Waals surface area contributed by atoms with Gasteiger partial charge in [0.2, 0.25) is 6.29 Å². The Hall–Kier alpha value is -3.71. The fraction of sp³-hybridized carbons (Fsp3) is 0.375. The number of benzene rings is 2. The number of carbonyl (C=O) groups excluding carboxylic acids is 2. The predicted octanol–water partition coefficient (Wildman–Crippen LogP) is -0.0446. The molecule has 12 heteroatoms. The van der Waals surface area contributed by atoms with Crippen molar-refractivity contribution >= 4 is 17.7 Å². The first-order valence-electron chi connectivity index (χ1n) is 11.0. The van der Waals surface area contributed by atoms with Crippen LogP contribution in [0.5, 0.6) is 17.2 Å². The van der Waals surface area contributed by atoms with Crippen LogP contribution in [0.2, 0.25) is 0 Å². The number of phenols is 1. The smallest absolute Gasteiger partial charge is 0.317 e. The number of carbonyl (C=O) groups is 3. The maximum Gasteiger partial charge on any atom is 0.317 e. The minimum Gasteiger partial charge on any atom is -0.508 e. The summed E-state index contributed by atoms with van der Waals surface area (Å²) in [7, 11) is 0. The number of aliphatic hydroxyl groups is 3. The SMILES string of the molecule is O=C(O)CC(=O)OC[C@H]1O[C@@H](Oc2ccc3c(c2)OC[C@H](c2ccc(O)cc2)C3=O)[C@H](O)[C@@H](O)[C@@H]1O. The largest absolute Gasteiger partial charge is 0.508 e. The van der Waals surface area contributed by atoms with E-state index in [0.29, 0.717) is 11.1 Å². The molecule has 2 aromatic rings. The molecule has 0 aromatic heterocycles. The quantitative estimate of drug-likeness (QED) is 0.250. The molecule has 12 nitrogen and oxygen atoms in total. The van der Waals surface area contributed by atoms with Crippen molar-refractivity contribution in [2.24, 2.45) is 0 Å². The molecular formula is C24H24O12. The number of aliphatic carboxylic acids is 1. The van der Waals surface area contributed by atoms with Gasteiger partial charge in [-0.1, -0.05) is 12.1 Å². The van der Waals surface area contributed by atoms with Crippen LogP contribution in [0.25, 0.3) is 0 Å². The molecule has 2 heterocycles. The highest BCUT2D eigenvalue weighted by Crippen LogP contribution is 2.36. The van der Waals surface area contributed by atoms with E-state index in [-0.39, 0.29) is 29.6 Å². The van der Waals surface area contributed by atoms with E-state index in [1.54, 1.807) is 12.1 Å². The van der Waals surface area contributed by atoms with Crippen LogP contribution in [0.4, 0.5) is 0 Å². The second-order valence-electron chi connectivity index (χ2n) is 8.36. The third-order valence-corrected chi connectivity index (χ3v) is 5.86. The van der Waals surface area contributed by atoms with Crippen LogP contribution in [0, 0.1) is 0 Å². The molecule has 2 aliphatic heterocycles. The zero-order valence-electron chi connectivity index (χ0n) is 18.7. The summed E-state index contributed by atoms with van der Waals surface area (Å²) in [5.74, 6) is -2.78. The molecule has 1 fully saturated rings. The topological polar surface area (TPSA) is 189 Å². The van der Waals surface area contributed by atoms with Crippen LogP contribution >= 0.6 is 0 Å². The average molecular weight is 504 g/mol. The summed E-state index contributed by atoms with van der Waals surface area (Å²) in [6.07, 6.45) is -8.73. The Balaban J connectivity index is 1.44. The molecule has 192 valence electrons. The van der Waals surface area contributed by atoms with Crippen molar-refractivity contribution in [3.63, 3.8) is 0 Å². The Morgan fingerprint density at radius 1 is 1.00 bits per heavy atom. The van der Waals surface area contributed by atoms with Gasteiger partial charge in [0.05, 0.1) is 11.5 Å². The number of rotatable bonds is 7. The molecule has 0 radical (unpaired) electrons. The lowest BCUT2D eigenvalue weighted by molar-refractivity contribution is -0.278. The number of carboxylic acid groups (broad SMARTS) is 1. The maximum absolute atomic E-state index is 13.0. The Labute approximate surface area is 204 Å². The number of Topliss-reactive ketones (excluding diaryl/α,β-unsaturated/α-hetero) is 1. The molecule has 0 saturated carbocycles. The van der Waals surface area contributed by atoms with Gasteiger partial charge in [0.25, 0.3) is 0 Å². The van der Waals surface area contributed by atoms with Gasteiger partial charge >= 0.3 is 11.9 Å². The van der Waals surface area contributed by atoms with Crippen LogP contribution in [-0.4, -0.2) is 87.2 Å². The van der Waals surface area contributed by atoms with Crippen LogP contribution in [0.1, 0.15) is 28.3 Å². The minimum atomic E-state index is -1.71.